The van der Waals surface area contributed by atoms with E-state index in [1.165, 1.54) is 0 Å². The summed E-state index contributed by atoms with van der Waals surface area (Å²) in [6, 6.07) is 0. The first kappa shape index (κ1) is 9.16. The monoisotopic (exact) mass is 184 g/mol. The molecule has 2 aliphatic rings. The molecule has 1 saturated carbocycles. The summed E-state index contributed by atoms with van der Waals surface area (Å²) in [7, 11) is 0. The Morgan fingerprint density at radius 3 is 2.77 bits per heavy atom. The second-order valence-electron chi connectivity index (χ2n) is 4.00. The van der Waals surface area contributed by atoms with E-state index in [1.54, 1.807) is 6.92 Å². The van der Waals surface area contributed by atoms with Crippen molar-refractivity contribution in [1.29, 1.82) is 0 Å². The molecule has 1 unspecified atom stereocenters. The Hall–Kier alpha value is -0.410. The molecule has 0 aromatic rings. The van der Waals surface area contributed by atoms with Gasteiger partial charge in [0.2, 0.25) is 0 Å². The van der Waals surface area contributed by atoms with Crippen molar-refractivity contribution in [2.75, 3.05) is 13.2 Å². The first-order valence-corrected chi connectivity index (χ1v) is 5.00. The van der Waals surface area contributed by atoms with Gasteiger partial charge in [0.05, 0.1) is 13.2 Å². The molecule has 0 bridgehead atoms. The zero-order chi connectivity index (χ0) is 9.31. The minimum Gasteiger partial charge on any atom is -0.347 e. The van der Waals surface area contributed by atoms with Crippen LogP contribution in [-0.4, -0.2) is 24.8 Å². The molecule has 0 N–H and O–H groups in total. The van der Waals surface area contributed by atoms with E-state index in [0.29, 0.717) is 25.6 Å². The molecule has 0 aromatic heterocycles. The third kappa shape index (κ3) is 1.63. The van der Waals surface area contributed by atoms with E-state index in [0.717, 1.165) is 19.3 Å². The van der Waals surface area contributed by atoms with E-state index in [-0.39, 0.29) is 11.6 Å². The van der Waals surface area contributed by atoms with E-state index in [4.69, 9.17) is 9.47 Å². The third-order valence-corrected chi connectivity index (χ3v) is 3.01. The molecule has 13 heavy (non-hydrogen) atoms. The fourth-order valence-electron chi connectivity index (χ4n) is 2.47. The number of ether oxygens (including phenoxy) is 2. The van der Waals surface area contributed by atoms with Gasteiger partial charge in [0.15, 0.2) is 5.79 Å². The Bertz CT molecular complexity index is 201. The Balaban J connectivity index is 2.04. The minimum atomic E-state index is -0.383. The third-order valence-electron chi connectivity index (χ3n) is 3.01. The number of Topliss-reactive ketones (excluding diaryl/α,β-unsaturated/α-hetero) is 1. The van der Waals surface area contributed by atoms with Crippen LogP contribution in [0.5, 0.6) is 0 Å². The van der Waals surface area contributed by atoms with Crippen LogP contribution in [0.15, 0.2) is 0 Å². The molecule has 1 saturated heterocycles. The van der Waals surface area contributed by atoms with Crippen LogP contribution in [0.1, 0.15) is 32.6 Å². The largest absolute Gasteiger partial charge is 0.347 e. The highest BCUT2D eigenvalue weighted by molar-refractivity contribution is 5.75. The first-order valence-electron chi connectivity index (χ1n) is 5.00. The lowest BCUT2D eigenvalue weighted by Crippen LogP contribution is -2.35. The lowest BCUT2D eigenvalue weighted by atomic mass is 9.96. The molecule has 2 rings (SSSR count). The summed E-state index contributed by atoms with van der Waals surface area (Å²) in [5.41, 5.74) is 0. The molecule has 1 atom stereocenters. The molecule has 0 amide bonds. The Labute approximate surface area is 78.4 Å². The van der Waals surface area contributed by atoms with Crippen molar-refractivity contribution in [2.45, 2.75) is 38.4 Å². The van der Waals surface area contributed by atoms with Gasteiger partial charge in [0.1, 0.15) is 5.78 Å². The van der Waals surface area contributed by atoms with Crippen molar-refractivity contribution < 1.29 is 14.3 Å². The summed E-state index contributed by atoms with van der Waals surface area (Å²) in [5, 5.41) is 0. The lowest BCUT2D eigenvalue weighted by Gasteiger charge is -2.28. The highest BCUT2D eigenvalue weighted by Gasteiger charge is 2.47. The van der Waals surface area contributed by atoms with Gasteiger partial charge in [0.25, 0.3) is 0 Å². The molecule has 2 fully saturated rings. The van der Waals surface area contributed by atoms with Crippen molar-refractivity contribution in [2.24, 2.45) is 5.92 Å². The number of carbonyl (C=O) groups is 1. The molecular weight excluding hydrogens is 168 g/mol. The minimum absolute atomic E-state index is 0.241. The summed E-state index contributed by atoms with van der Waals surface area (Å²) < 4.78 is 11.3. The molecular formula is C10H16O3. The zero-order valence-electron chi connectivity index (χ0n) is 8.04. The van der Waals surface area contributed by atoms with Crippen LogP contribution in [0.4, 0.5) is 0 Å². The SMILES string of the molecule is CC(=O)CC1CCCC12OCCO2. The Morgan fingerprint density at radius 1 is 1.46 bits per heavy atom. The maximum atomic E-state index is 11.0. The van der Waals surface area contributed by atoms with Gasteiger partial charge >= 0.3 is 0 Å². The fourth-order valence-corrected chi connectivity index (χ4v) is 2.47. The van der Waals surface area contributed by atoms with Crippen molar-refractivity contribution in [3.05, 3.63) is 0 Å². The zero-order valence-corrected chi connectivity index (χ0v) is 8.04. The number of carbonyl (C=O) groups excluding carboxylic acids is 1. The average molecular weight is 184 g/mol. The molecule has 1 aliphatic heterocycles. The van der Waals surface area contributed by atoms with Crippen LogP contribution in [-0.2, 0) is 14.3 Å². The van der Waals surface area contributed by atoms with Gasteiger partial charge in [-0.2, -0.15) is 0 Å². The highest BCUT2D eigenvalue weighted by Crippen LogP contribution is 2.43. The average Bonchev–Trinajstić information content (AvgIpc) is 2.64. The van der Waals surface area contributed by atoms with Crippen molar-refractivity contribution in [3.8, 4) is 0 Å². The summed E-state index contributed by atoms with van der Waals surface area (Å²) in [6.45, 7) is 3.02. The predicted octanol–water partition coefficient (Wildman–Crippen LogP) is 1.51. The summed E-state index contributed by atoms with van der Waals surface area (Å²) in [6.07, 6.45) is 3.77. The number of ketones is 1. The van der Waals surface area contributed by atoms with E-state index >= 15 is 0 Å². The van der Waals surface area contributed by atoms with Crippen molar-refractivity contribution >= 4 is 5.78 Å². The lowest BCUT2D eigenvalue weighted by molar-refractivity contribution is -0.183. The van der Waals surface area contributed by atoms with Crippen LogP contribution in [0.3, 0.4) is 0 Å². The van der Waals surface area contributed by atoms with Gasteiger partial charge in [-0.25, -0.2) is 0 Å². The van der Waals surface area contributed by atoms with Crippen molar-refractivity contribution in [1.82, 2.24) is 0 Å². The summed E-state index contributed by atoms with van der Waals surface area (Å²) in [5.74, 6) is 0.156. The van der Waals surface area contributed by atoms with Gasteiger partial charge in [-0.1, -0.05) is 0 Å². The second kappa shape index (κ2) is 3.39. The molecule has 1 aliphatic carbocycles. The smallest absolute Gasteiger partial charge is 0.171 e. The first-order chi connectivity index (χ1) is 6.23. The highest BCUT2D eigenvalue weighted by atomic mass is 16.7. The second-order valence-corrected chi connectivity index (χ2v) is 4.00. The fraction of sp³-hybridized carbons (Fsp3) is 0.900. The molecule has 74 valence electrons. The van der Waals surface area contributed by atoms with Gasteiger partial charge in [-0.05, 0) is 19.8 Å². The van der Waals surface area contributed by atoms with Crippen LogP contribution in [0.25, 0.3) is 0 Å². The number of hydrogen-bond acceptors (Lipinski definition) is 3. The molecule has 0 radical (unpaired) electrons. The van der Waals surface area contributed by atoms with E-state index in [1.807, 2.05) is 0 Å². The molecule has 3 heteroatoms. The molecule has 1 spiro atoms. The van der Waals surface area contributed by atoms with Crippen LogP contribution in [0, 0.1) is 5.92 Å². The molecule has 0 aromatic carbocycles. The van der Waals surface area contributed by atoms with E-state index in [9.17, 15) is 4.79 Å². The Morgan fingerprint density at radius 2 is 2.15 bits per heavy atom. The van der Waals surface area contributed by atoms with Gasteiger partial charge in [0, 0.05) is 18.8 Å². The Kier molecular flexibility index (Phi) is 2.39. The quantitative estimate of drug-likeness (QED) is 0.652. The number of hydrogen-bond donors (Lipinski definition) is 0. The maximum Gasteiger partial charge on any atom is 0.171 e. The van der Waals surface area contributed by atoms with E-state index in [2.05, 4.69) is 0 Å². The normalized spacial score (nSPS) is 31.3. The summed E-state index contributed by atoms with van der Waals surface area (Å²) >= 11 is 0. The van der Waals surface area contributed by atoms with Crippen molar-refractivity contribution in [3.63, 3.8) is 0 Å². The van der Waals surface area contributed by atoms with Gasteiger partial charge in [-0.15, -0.1) is 0 Å². The molecule has 3 nitrogen and oxygen atoms in total. The molecule has 1 heterocycles. The van der Waals surface area contributed by atoms with Crippen LogP contribution >= 0.6 is 0 Å². The predicted molar refractivity (Wildman–Crippen MR) is 47.3 cm³/mol. The van der Waals surface area contributed by atoms with Crippen LogP contribution < -0.4 is 0 Å². The van der Waals surface area contributed by atoms with E-state index < -0.39 is 0 Å². The van der Waals surface area contributed by atoms with Gasteiger partial charge in [-0.3, -0.25) is 0 Å². The van der Waals surface area contributed by atoms with Crippen LogP contribution in [0.2, 0.25) is 0 Å². The topological polar surface area (TPSA) is 35.5 Å². The summed E-state index contributed by atoms with van der Waals surface area (Å²) in [4.78, 5) is 11.0. The number of rotatable bonds is 2. The standard InChI is InChI=1S/C10H16O3/c1-8(11)7-9-3-2-4-10(9)12-5-6-13-10/h9H,2-7H2,1H3. The van der Waals surface area contributed by atoms with Gasteiger partial charge < -0.3 is 14.3 Å². The maximum absolute atomic E-state index is 11.0.